The van der Waals surface area contributed by atoms with Gasteiger partial charge in [-0.3, -0.25) is 9.69 Å². The number of nitrogens with zero attached hydrogens (tertiary/aromatic N) is 1. The summed E-state index contributed by atoms with van der Waals surface area (Å²) in [6.45, 7) is 0.120. The number of thioether (sulfide) groups is 1. The van der Waals surface area contributed by atoms with Crippen LogP contribution in [0.2, 0.25) is 0 Å². The quantitative estimate of drug-likeness (QED) is 0.840. The van der Waals surface area contributed by atoms with Gasteiger partial charge in [0.2, 0.25) is 0 Å². The zero-order chi connectivity index (χ0) is 13.5. The van der Waals surface area contributed by atoms with Crippen LogP contribution in [-0.2, 0) is 11.3 Å². The minimum Gasteiger partial charge on any atom is -0.322 e. The Hall–Kier alpha value is -1.56. The Morgan fingerprint density at radius 2 is 2.26 bits per heavy atom. The van der Waals surface area contributed by atoms with Gasteiger partial charge in [-0.05, 0) is 29.9 Å². The van der Waals surface area contributed by atoms with Gasteiger partial charge in [-0.2, -0.15) is 11.8 Å². The van der Waals surface area contributed by atoms with Crippen molar-refractivity contribution in [1.82, 2.24) is 10.2 Å². The molecule has 2 saturated heterocycles. The first-order valence-electron chi connectivity index (χ1n) is 6.07. The Balaban J connectivity index is 1.82. The molecule has 2 aliphatic heterocycles. The van der Waals surface area contributed by atoms with E-state index in [1.807, 2.05) is 0 Å². The zero-order valence-corrected chi connectivity index (χ0v) is 11.0. The molecule has 1 atom stereocenters. The van der Waals surface area contributed by atoms with Crippen molar-refractivity contribution in [1.29, 1.82) is 0 Å². The molecule has 2 heterocycles. The van der Waals surface area contributed by atoms with Crippen LogP contribution >= 0.6 is 11.8 Å². The van der Waals surface area contributed by atoms with E-state index >= 15 is 0 Å². The van der Waals surface area contributed by atoms with Gasteiger partial charge in [-0.25, -0.2) is 9.18 Å². The summed E-state index contributed by atoms with van der Waals surface area (Å²) in [5.41, 5.74) is -0.110. The lowest BCUT2D eigenvalue weighted by Gasteiger charge is -2.19. The second-order valence-corrected chi connectivity index (χ2v) is 5.94. The Morgan fingerprint density at radius 3 is 2.95 bits per heavy atom. The molecule has 4 nitrogen and oxygen atoms in total. The Bertz CT molecular complexity index is 543. The number of benzene rings is 1. The second-order valence-electron chi connectivity index (χ2n) is 4.84. The molecule has 0 unspecified atom stereocenters. The molecule has 2 aliphatic rings. The van der Waals surface area contributed by atoms with Crippen LogP contribution in [0.15, 0.2) is 24.3 Å². The third kappa shape index (κ3) is 2.10. The van der Waals surface area contributed by atoms with Gasteiger partial charge in [0.15, 0.2) is 0 Å². The first-order valence-corrected chi connectivity index (χ1v) is 7.22. The maximum atomic E-state index is 13.1. The Kier molecular flexibility index (Phi) is 2.97. The van der Waals surface area contributed by atoms with E-state index < -0.39 is 5.54 Å². The molecule has 6 heteroatoms. The molecule has 0 aromatic heterocycles. The lowest BCUT2D eigenvalue weighted by atomic mass is 9.99. The molecule has 19 heavy (non-hydrogen) atoms. The van der Waals surface area contributed by atoms with Crippen LogP contribution in [0.4, 0.5) is 9.18 Å². The lowest BCUT2D eigenvalue weighted by Crippen LogP contribution is -2.46. The fourth-order valence-corrected chi connectivity index (χ4v) is 3.80. The monoisotopic (exact) mass is 280 g/mol. The van der Waals surface area contributed by atoms with E-state index in [2.05, 4.69) is 5.32 Å². The summed E-state index contributed by atoms with van der Waals surface area (Å²) in [5, 5.41) is 2.79. The Morgan fingerprint density at radius 1 is 1.42 bits per heavy atom. The van der Waals surface area contributed by atoms with Gasteiger partial charge < -0.3 is 5.32 Å². The van der Waals surface area contributed by atoms with Gasteiger partial charge in [0.05, 0.1) is 6.54 Å². The second kappa shape index (κ2) is 4.52. The summed E-state index contributed by atoms with van der Waals surface area (Å²) in [5.74, 6) is 0.944. The zero-order valence-electron chi connectivity index (χ0n) is 10.2. The van der Waals surface area contributed by atoms with Crippen molar-refractivity contribution in [2.45, 2.75) is 18.5 Å². The van der Waals surface area contributed by atoms with Crippen LogP contribution in [0, 0.1) is 5.82 Å². The molecular weight excluding hydrogens is 267 g/mol. The highest BCUT2D eigenvalue weighted by molar-refractivity contribution is 7.99. The van der Waals surface area contributed by atoms with E-state index in [1.165, 1.54) is 17.0 Å². The normalized spacial score (nSPS) is 26.3. The number of amides is 3. The average molecular weight is 280 g/mol. The van der Waals surface area contributed by atoms with Crippen molar-refractivity contribution in [3.05, 3.63) is 35.6 Å². The standard InChI is InChI=1S/C13H13FN2O2S/c14-10-3-1-2-9(6-10)7-16-11(17)13(15-12(16)18)4-5-19-8-13/h1-3,6H,4-5,7-8H2,(H,15,18)/t13-/m1/s1. The van der Waals surface area contributed by atoms with Crippen molar-refractivity contribution in [2.24, 2.45) is 0 Å². The molecule has 2 fully saturated rings. The van der Waals surface area contributed by atoms with Gasteiger partial charge in [0, 0.05) is 5.75 Å². The third-order valence-electron chi connectivity index (χ3n) is 3.50. The molecule has 1 aromatic rings. The van der Waals surface area contributed by atoms with E-state index in [-0.39, 0.29) is 24.3 Å². The molecule has 3 amide bonds. The molecule has 1 N–H and O–H groups in total. The van der Waals surface area contributed by atoms with E-state index in [9.17, 15) is 14.0 Å². The molecule has 1 spiro atoms. The van der Waals surface area contributed by atoms with Crippen molar-refractivity contribution in [2.75, 3.05) is 11.5 Å². The predicted molar refractivity (Wildman–Crippen MR) is 70.2 cm³/mol. The lowest BCUT2D eigenvalue weighted by molar-refractivity contribution is -0.130. The van der Waals surface area contributed by atoms with Crippen LogP contribution in [0.1, 0.15) is 12.0 Å². The summed E-state index contributed by atoms with van der Waals surface area (Å²) in [6, 6.07) is 5.58. The minimum absolute atomic E-state index is 0.120. The molecular formula is C13H13FN2O2S. The number of carbonyl (C=O) groups excluding carboxylic acids is 2. The maximum Gasteiger partial charge on any atom is 0.325 e. The number of carbonyl (C=O) groups is 2. The van der Waals surface area contributed by atoms with Crippen molar-refractivity contribution >= 4 is 23.7 Å². The molecule has 100 valence electrons. The highest BCUT2D eigenvalue weighted by Crippen LogP contribution is 2.33. The van der Waals surface area contributed by atoms with Gasteiger partial charge in [0.25, 0.3) is 5.91 Å². The van der Waals surface area contributed by atoms with Crippen molar-refractivity contribution in [3.63, 3.8) is 0 Å². The molecule has 0 aliphatic carbocycles. The average Bonchev–Trinajstić information content (AvgIpc) is 2.92. The van der Waals surface area contributed by atoms with E-state index in [1.54, 1.807) is 23.9 Å². The number of nitrogens with one attached hydrogen (secondary N) is 1. The first kappa shape index (κ1) is 12.5. The fourth-order valence-electron chi connectivity index (χ4n) is 2.47. The number of rotatable bonds is 2. The molecule has 1 aromatic carbocycles. The SMILES string of the molecule is O=C1N[C@@]2(CCSC2)C(=O)N1Cc1cccc(F)c1. The molecule has 3 rings (SSSR count). The van der Waals surface area contributed by atoms with E-state index in [4.69, 9.17) is 0 Å². The summed E-state index contributed by atoms with van der Waals surface area (Å²) in [7, 11) is 0. The van der Waals surface area contributed by atoms with Crippen LogP contribution in [0.3, 0.4) is 0 Å². The maximum absolute atomic E-state index is 13.1. The third-order valence-corrected chi connectivity index (χ3v) is 4.69. The number of hydrogen-bond acceptors (Lipinski definition) is 3. The van der Waals surface area contributed by atoms with Crippen LogP contribution in [0.25, 0.3) is 0 Å². The van der Waals surface area contributed by atoms with Crippen molar-refractivity contribution in [3.8, 4) is 0 Å². The van der Waals surface area contributed by atoms with Gasteiger partial charge in [-0.15, -0.1) is 0 Å². The predicted octanol–water partition coefficient (Wildman–Crippen LogP) is 1.75. The topological polar surface area (TPSA) is 49.4 Å². The van der Waals surface area contributed by atoms with Gasteiger partial charge in [-0.1, -0.05) is 12.1 Å². The largest absolute Gasteiger partial charge is 0.325 e. The molecule has 0 saturated carbocycles. The van der Waals surface area contributed by atoms with E-state index in [0.717, 1.165) is 5.75 Å². The Labute approximate surface area is 114 Å². The van der Waals surface area contributed by atoms with Crippen LogP contribution < -0.4 is 5.32 Å². The smallest absolute Gasteiger partial charge is 0.322 e. The number of halogens is 1. The summed E-state index contributed by atoms with van der Waals surface area (Å²) >= 11 is 1.66. The minimum atomic E-state index is -0.727. The number of imide groups is 1. The summed E-state index contributed by atoms with van der Waals surface area (Å²) in [6.07, 6.45) is 0.669. The van der Waals surface area contributed by atoms with Crippen LogP contribution in [0.5, 0.6) is 0 Å². The number of hydrogen-bond donors (Lipinski definition) is 1. The molecule has 0 radical (unpaired) electrons. The van der Waals surface area contributed by atoms with Crippen molar-refractivity contribution < 1.29 is 14.0 Å². The van der Waals surface area contributed by atoms with Crippen LogP contribution in [-0.4, -0.2) is 33.9 Å². The van der Waals surface area contributed by atoms with Gasteiger partial charge in [0.1, 0.15) is 11.4 Å². The summed E-state index contributed by atoms with van der Waals surface area (Å²) in [4.78, 5) is 25.5. The summed E-state index contributed by atoms with van der Waals surface area (Å²) < 4.78 is 13.1. The highest BCUT2D eigenvalue weighted by Gasteiger charge is 2.52. The molecule has 0 bridgehead atoms. The highest BCUT2D eigenvalue weighted by atomic mass is 32.2. The fraction of sp³-hybridized carbons (Fsp3) is 0.385. The van der Waals surface area contributed by atoms with E-state index in [0.29, 0.717) is 17.7 Å². The first-order chi connectivity index (χ1) is 9.11. The van der Waals surface area contributed by atoms with Gasteiger partial charge >= 0.3 is 6.03 Å². The number of urea groups is 1.